The molecule has 0 aliphatic heterocycles. The maximum atomic E-state index is 12.8. The predicted molar refractivity (Wildman–Crippen MR) is 162 cm³/mol. The summed E-state index contributed by atoms with van der Waals surface area (Å²) in [5, 5.41) is 0. The number of phosphoric acid groups is 1. The number of aryl methyl sites for hydroxylation is 1. The van der Waals surface area contributed by atoms with Crippen LogP contribution < -0.4 is 11.2 Å². The van der Waals surface area contributed by atoms with E-state index in [9.17, 15) is 18.7 Å². The van der Waals surface area contributed by atoms with Crippen LogP contribution in [-0.2, 0) is 29.2 Å². The summed E-state index contributed by atoms with van der Waals surface area (Å²) >= 11 is 0. The molecule has 238 valence electrons. The van der Waals surface area contributed by atoms with Gasteiger partial charge < -0.3 is 23.6 Å². The second-order valence-corrected chi connectivity index (χ2v) is 13.6. The highest BCUT2D eigenvalue weighted by molar-refractivity contribution is 7.66. The van der Waals surface area contributed by atoms with Crippen LogP contribution in [0.25, 0.3) is 0 Å². The smallest absolute Gasteiger partial charge is 0.381 e. The number of nitrogens with one attached hydrogen (secondary N) is 1. The third-order valence-electron chi connectivity index (χ3n) is 6.52. The molecule has 0 saturated heterocycles. The molecule has 0 bridgehead atoms. The summed E-state index contributed by atoms with van der Waals surface area (Å²) in [7, 11) is -9.22. The molecule has 1 aromatic rings. The van der Waals surface area contributed by atoms with E-state index in [1.54, 1.807) is 0 Å². The lowest BCUT2D eigenvalue weighted by atomic mass is 10.0. The minimum atomic E-state index is -5.05. The van der Waals surface area contributed by atoms with Crippen LogP contribution >= 0.6 is 15.4 Å². The number of aromatic nitrogens is 2. The second-order valence-electron chi connectivity index (χ2n) is 10.3. The molecule has 0 aromatic carbocycles. The largest absolute Gasteiger partial charge is 0.477 e. The van der Waals surface area contributed by atoms with Gasteiger partial charge in [-0.25, -0.2) is 13.7 Å². The third kappa shape index (κ3) is 22.0. The van der Waals surface area contributed by atoms with Crippen molar-refractivity contribution in [1.82, 2.24) is 9.55 Å². The molecule has 1 rings (SSSR count). The molecule has 0 fully saturated rings. The van der Waals surface area contributed by atoms with Crippen molar-refractivity contribution in [2.45, 2.75) is 123 Å². The van der Waals surface area contributed by atoms with Gasteiger partial charge in [-0.05, 0) is 25.7 Å². The molecule has 0 aliphatic rings. The fourth-order valence-corrected chi connectivity index (χ4v) is 6.77. The van der Waals surface area contributed by atoms with Crippen molar-refractivity contribution in [2.75, 3.05) is 19.8 Å². The fourth-order valence-electron chi connectivity index (χ4n) is 4.30. The highest BCUT2D eigenvalue weighted by Gasteiger charge is 2.31. The number of rotatable bonds is 27. The maximum absolute atomic E-state index is 12.8. The van der Waals surface area contributed by atoms with Crippen LogP contribution in [0.2, 0.25) is 0 Å². The zero-order chi connectivity index (χ0) is 30.2. The quantitative estimate of drug-likeness (QED) is 0.0691. The molecule has 1 unspecified atom stereocenters. The standard InChI is InChI=1S/C28H52N2O9P2/c1-2-3-4-5-6-7-8-9-10-11-12-13-14-17-23-37-24-19-25-38-40(33,39-41(34,35)36)26-18-15-16-21-30-22-20-27(31)29-28(30)32/h18,20,22,26H,2-17,19,21,23-25H2,1H3,(H,29,31,32)(H2,34,35,36). The van der Waals surface area contributed by atoms with Crippen LogP contribution in [0.1, 0.15) is 116 Å². The summed E-state index contributed by atoms with van der Waals surface area (Å²) < 4.78 is 40.6. The zero-order valence-electron chi connectivity index (χ0n) is 24.8. The van der Waals surface area contributed by atoms with Crippen LogP contribution in [0.3, 0.4) is 0 Å². The Morgan fingerprint density at radius 1 is 0.805 bits per heavy atom. The topological polar surface area (TPSA) is 157 Å². The number of hydrogen-bond acceptors (Lipinski definition) is 7. The lowest BCUT2D eigenvalue weighted by Gasteiger charge is -2.15. The van der Waals surface area contributed by atoms with Crippen molar-refractivity contribution in [3.05, 3.63) is 45.0 Å². The summed E-state index contributed by atoms with van der Waals surface area (Å²) in [6.45, 7) is 3.51. The van der Waals surface area contributed by atoms with Crippen LogP contribution in [0.4, 0.5) is 0 Å². The van der Waals surface area contributed by atoms with Gasteiger partial charge in [-0.3, -0.25) is 14.3 Å². The summed E-state index contributed by atoms with van der Waals surface area (Å²) in [6.07, 6.45) is 22.1. The van der Waals surface area contributed by atoms with Crippen molar-refractivity contribution in [2.24, 2.45) is 0 Å². The fraction of sp³-hybridized carbons (Fsp3) is 0.786. The van der Waals surface area contributed by atoms with Gasteiger partial charge >= 0.3 is 21.1 Å². The average Bonchev–Trinajstić information content (AvgIpc) is 2.90. The van der Waals surface area contributed by atoms with Gasteiger partial charge in [0.2, 0.25) is 0 Å². The van der Waals surface area contributed by atoms with E-state index < -0.39 is 26.7 Å². The number of allylic oxidation sites excluding steroid dienone is 1. The third-order valence-corrected chi connectivity index (χ3v) is 9.40. The molecule has 11 nitrogen and oxygen atoms in total. The van der Waals surface area contributed by atoms with E-state index in [2.05, 4.69) is 16.2 Å². The highest BCUT2D eigenvalue weighted by Crippen LogP contribution is 2.61. The van der Waals surface area contributed by atoms with E-state index in [4.69, 9.17) is 19.0 Å². The molecule has 1 atom stereocenters. The highest BCUT2D eigenvalue weighted by atomic mass is 31.3. The van der Waals surface area contributed by atoms with E-state index in [1.165, 1.54) is 100.0 Å². The van der Waals surface area contributed by atoms with Gasteiger partial charge in [-0.15, -0.1) is 0 Å². The molecule has 0 radical (unpaired) electrons. The van der Waals surface area contributed by atoms with E-state index in [1.807, 2.05) is 0 Å². The Hall–Kier alpha value is -1.32. The van der Waals surface area contributed by atoms with Gasteiger partial charge in [-0.2, -0.15) is 0 Å². The zero-order valence-corrected chi connectivity index (χ0v) is 26.5. The molecule has 0 spiro atoms. The minimum absolute atomic E-state index is 0.0485. The number of hydrogen-bond donors (Lipinski definition) is 3. The molecule has 0 aliphatic carbocycles. The van der Waals surface area contributed by atoms with E-state index in [-0.39, 0.29) is 6.61 Å². The molecule has 0 saturated carbocycles. The Balaban J connectivity index is 2.11. The van der Waals surface area contributed by atoms with Crippen molar-refractivity contribution in [1.29, 1.82) is 0 Å². The van der Waals surface area contributed by atoms with Gasteiger partial charge in [0.15, 0.2) is 0 Å². The number of unbranched alkanes of at least 4 members (excludes halogenated alkanes) is 14. The van der Waals surface area contributed by atoms with Gasteiger partial charge in [0.25, 0.3) is 5.56 Å². The Kier molecular flexibility index (Phi) is 21.3. The van der Waals surface area contributed by atoms with E-state index >= 15 is 0 Å². The molecule has 0 amide bonds. The molecular weight excluding hydrogens is 570 g/mol. The van der Waals surface area contributed by atoms with Crippen molar-refractivity contribution in [3.8, 4) is 0 Å². The Bertz CT molecular complexity index is 1040. The average molecular weight is 623 g/mol. The van der Waals surface area contributed by atoms with Crippen LogP contribution in [0.5, 0.6) is 0 Å². The molecule has 1 aromatic heterocycles. The van der Waals surface area contributed by atoms with E-state index in [0.29, 0.717) is 39.0 Å². The lowest BCUT2D eigenvalue weighted by Crippen LogP contribution is -2.28. The summed E-state index contributed by atoms with van der Waals surface area (Å²) in [6, 6.07) is 1.23. The summed E-state index contributed by atoms with van der Waals surface area (Å²) in [4.78, 5) is 43.2. The number of ether oxygens (including phenoxy) is 1. The van der Waals surface area contributed by atoms with Crippen LogP contribution in [-0.4, -0.2) is 39.2 Å². The summed E-state index contributed by atoms with van der Waals surface area (Å²) in [5.74, 6) is 1.03. The monoisotopic (exact) mass is 622 g/mol. The first kappa shape index (κ1) is 37.7. The maximum Gasteiger partial charge on any atom is 0.477 e. The lowest BCUT2D eigenvalue weighted by molar-refractivity contribution is 0.114. The van der Waals surface area contributed by atoms with Gasteiger partial charge in [0.1, 0.15) is 0 Å². The van der Waals surface area contributed by atoms with Gasteiger partial charge in [0.05, 0.1) is 6.61 Å². The molecular formula is C28H52N2O9P2. The van der Waals surface area contributed by atoms with Crippen molar-refractivity contribution in [3.63, 3.8) is 0 Å². The molecule has 13 heteroatoms. The van der Waals surface area contributed by atoms with Crippen molar-refractivity contribution < 1.29 is 32.5 Å². The molecule has 41 heavy (non-hydrogen) atoms. The summed E-state index contributed by atoms with van der Waals surface area (Å²) in [5.41, 5.74) is -1.02. The molecule has 3 N–H and O–H groups in total. The van der Waals surface area contributed by atoms with Crippen molar-refractivity contribution >= 4 is 15.4 Å². The first-order valence-corrected chi connectivity index (χ1v) is 18.4. The second kappa shape index (κ2) is 23.2. The minimum Gasteiger partial charge on any atom is -0.381 e. The van der Waals surface area contributed by atoms with Gasteiger partial charge in [-0.1, -0.05) is 96.5 Å². The number of aromatic amines is 1. The van der Waals surface area contributed by atoms with Crippen LogP contribution in [0, 0.1) is 0 Å². The normalized spacial score (nSPS) is 13.6. The van der Waals surface area contributed by atoms with Gasteiger partial charge in [0, 0.05) is 37.8 Å². The number of H-pyrrole nitrogens is 1. The first-order valence-electron chi connectivity index (χ1n) is 15.2. The SMILES string of the molecule is CCCCCCCCCCCCCCCCOCCCOP(=O)(C=CCCCn1ccc(=O)[nH]c1=O)OP(=O)(O)O. The Morgan fingerprint density at radius 2 is 1.37 bits per heavy atom. The Morgan fingerprint density at radius 3 is 1.93 bits per heavy atom. The number of nitrogens with zero attached hydrogens (tertiary/aromatic N) is 1. The predicted octanol–water partition coefficient (Wildman–Crippen LogP) is 7.04. The molecule has 1 heterocycles. The first-order chi connectivity index (χ1) is 19.7. The van der Waals surface area contributed by atoms with Crippen LogP contribution in [0.15, 0.2) is 33.7 Å². The van der Waals surface area contributed by atoms with E-state index in [0.717, 1.165) is 18.7 Å². The Labute approximate surface area is 244 Å².